The van der Waals surface area contributed by atoms with E-state index in [-0.39, 0.29) is 16.6 Å². The molecule has 2 rings (SSSR count). The van der Waals surface area contributed by atoms with Gasteiger partial charge in [-0.15, -0.1) is 0 Å². The number of nitrogens with zero attached hydrogens (tertiary/aromatic N) is 2. The molecule has 0 aromatic heterocycles. The third-order valence-electron chi connectivity index (χ3n) is 3.70. The largest absolute Gasteiger partial charge is 0.464 e. The zero-order valence-electron chi connectivity index (χ0n) is 12.4. The number of anilines is 1. The molecule has 1 fully saturated rings. The number of piperidine rings is 1. The molecule has 0 radical (unpaired) electrons. The van der Waals surface area contributed by atoms with Gasteiger partial charge in [-0.25, -0.2) is 4.79 Å². The first-order chi connectivity index (χ1) is 10.0. The molecule has 0 spiro atoms. The zero-order chi connectivity index (χ0) is 15.4. The lowest BCUT2D eigenvalue weighted by Gasteiger charge is -2.35. The van der Waals surface area contributed by atoms with Crippen LogP contribution in [-0.4, -0.2) is 30.1 Å². The summed E-state index contributed by atoms with van der Waals surface area (Å²) in [6.07, 6.45) is 2.52. The Labute approximate surface area is 123 Å². The molecule has 6 nitrogen and oxygen atoms in total. The first-order valence-corrected chi connectivity index (χ1v) is 7.23. The van der Waals surface area contributed by atoms with Crippen LogP contribution in [0, 0.1) is 17.0 Å². The summed E-state index contributed by atoms with van der Waals surface area (Å²) in [6, 6.07) is 4.68. The number of hydrogen-bond donors (Lipinski definition) is 0. The Morgan fingerprint density at radius 1 is 1.48 bits per heavy atom. The van der Waals surface area contributed by atoms with Crippen molar-refractivity contribution in [2.45, 2.75) is 39.2 Å². The summed E-state index contributed by atoms with van der Waals surface area (Å²) < 4.78 is 5.11. The molecule has 0 aliphatic carbocycles. The summed E-state index contributed by atoms with van der Waals surface area (Å²) >= 11 is 0. The molecule has 1 atom stereocenters. The van der Waals surface area contributed by atoms with Gasteiger partial charge in [-0.05, 0) is 44.7 Å². The number of hydrogen-bond acceptors (Lipinski definition) is 5. The summed E-state index contributed by atoms with van der Waals surface area (Å²) in [5.74, 6) is -0.299. The van der Waals surface area contributed by atoms with Crippen molar-refractivity contribution in [3.63, 3.8) is 0 Å². The molecule has 0 bridgehead atoms. The topological polar surface area (TPSA) is 72.7 Å². The van der Waals surface area contributed by atoms with Crippen LogP contribution in [0.5, 0.6) is 0 Å². The summed E-state index contributed by atoms with van der Waals surface area (Å²) in [5.41, 5.74) is 1.38. The predicted molar refractivity (Wildman–Crippen MR) is 79.5 cm³/mol. The second-order valence-corrected chi connectivity index (χ2v) is 5.21. The second kappa shape index (κ2) is 6.56. The van der Waals surface area contributed by atoms with Crippen molar-refractivity contribution < 1.29 is 14.5 Å². The van der Waals surface area contributed by atoms with E-state index in [4.69, 9.17) is 4.74 Å². The molecular formula is C15H20N2O4. The van der Waals surface area contributed by atoms with Crippen LogP contribution in [0.2, 0.25) is 0 Å². The Balaban J connectivity index is 2.37. The summed E-state index contributed by atoms with van der Waals surface area (Å²) in [4.78, 5) is 24.8. The quantitative estimate of drug-likeness (QED) is 0.484. The molecule has 21 heavy (non-hydrogen) atoms. The van der Waals surface area contributed by atoms with E-state index >= 15 is 0 Å². The molecular weight excluding hydrogens is 272 g/mol. The number of esters is 1. The van der Waals surface area contributed by atoms with Crippen LogP contribution in [0.3, 0.4) is 0 Å². The summed E-state index contributed by atoms with van der Waals surface area (Å²) in [7, 11) is 0. The van der Waals surface area contributed by atoms with E-state index in [2.05, 4.69) is 0 Å². The number of benzene rings is 1. The van der Waals surface area contributed by atoms with Crippen LogP contribution >= 0.6 is 0 Å². The second-order valence-electron chi connectivity index (χ2n) is 5.21. The number of carbonyl (C=O) groups is 1. The minimum absolute atomic E-state index is 0.0474. The maximum Gasteiger partial charge on any atom is 0.328 e. The van der Waals surface area contributed by atoms with Gasteiger partial charge >= 0.3 is 5.97 Å². The van der Waals surface area contributed by atoms with Gasteiger partial charge in [0.15, 0.2) is 0 Å². The molecule has 0 N–H and O–H groups in total. The van der Waals surface area contributed by atoms with E-state index in [1.807, 2.05) is 17.9 Å². The third kappa shape index (κ3) is 3.32. The normalized spacial score (nSPS) is 18.4. The van der Waals surface area contributed by atoms with Gasteiger partial charge in [0.2, 0.25) is 0 Å². The average Bonchev–Trinajstić information content (AvgIpc) is 2.47. The Morgan fingerprint density at radius 2 is 2.24 bits per heavy atom. The molecule has 114 valence electrons. The fraction of sp³-hybridized carbons (Fsp3) is 0.533. The highest BCUT2D eigenvalue weighted by atomic mass is 16.6. The van der Waals surface area contributed by atoms with E-state index in [1.54, 1.807) is 19.1 Å². The van der Waals surface area contributed by atoms with Gasteiger partial charge in [-0.1, -0.05) is 6.07 Å². The number of nitro benzene ring substituents is 1. The first-order valence-electron chi connectivity index (χ1n) is 7.23. The maximum absolute atomic E-state index is 12.1. The molecule has 1 aliphatic heterocycles. The van der Waals surface area contributed by atoms with Gasteiger partial charge in [-0.3, -0.25) is 10.1 Å². The smallest absolute Gasteiger partial charge is 0.328 e. The van der Waals surface area contributed by atoms with Crippen molar-refractivity contribution in [1.82, 2.24) is 0 Å². The molecule has 0 amide bonds. The molecule has 6 heteroatoms. The van der Waals surface area contributed by atoms with E-state index < -0.39 is 6.04 Å². The van der Waals surface area contributed by atoms with Gasteiger partial charge in [0.05, 0.1) is 11.5 Å². The van der Waals surface area contributed by atoms with Gasteiger partial charge in [0.25, 0.3) is 5.69 Å². The van der Waals surface area contributed by atoms with Crippen LogP contribution in [0.4, 0.5) is 11.4 Å². The van der Waals surface area contributed by atoms with Crippen molar-refractivity contribution >= 4 is 17.3 Å². The maximum atomic E-state index is 12.1. The van der Waals surface area contributed by atoms with E-state index in [0.29, 0.717) is 25.3 Å². The first kappa shape index (κ1) is 15.3. The lowest BCUT2D eigenvalue weighted by Crippen LogP contribution is -2.46. The van der Waals surface area contributed by atoms with Gasteiger partial charge < -0.3 is 9.64 Å². The molecule has 1 saturated heterocycles. The number of rotatable bonds is 4. The highest BCUT2D eigenvalue weighted by molar-refractivity contribution is 5.82. The lowest BCUT2D eigenvalue weighted by molar-refractivity contribution is -0.384. The SMILES string of the molecule is CCOC(=O)C1CCCCN1c1ccc(C)cc1[N+](=O)[O-]. The van der Waals surface area contributed by atoms with Crippen molar-refractivity contribution in [2.24, 2.45) is 0 Å². The minimum atomic E-state index is -0.430. The number of ether oxygens (including phenoxy) is 1. The van der Waals surface area contributed by atoms with E-state index in [9.17, 15) is 14.9 Å². The molecule has 1 aliphatic rings. The van der Waals surface area contributed by atoms with Crippen LogP contribution in [0.15, 0.2) is 18.2 Å². The Morgan fingerprint density at radius 3 is 2.90 bits per heavy atom. The van der Waals surface area contributed by atoms with Gasteiger partial charge in [-0.2, -0.15) is 0 Å². The van der Waals surface area contributed by atoms with Gasteiger partial charge in [0, 0.05) is 12.6 Å². The van der Waals surface area contributed by atoms with Crippen molar-refractivity contribution in [1.29, 1.82) is 0 Å². The molecule has 1 heterocycles. The molecule has 1 aromatic rings. The van der Waals surface area contributed by atoms with Crippen LogP contribution in [-0.2, 0) is 9.53 Å². The molecule has 1 aromatic carbocycles. The highest BCUT2D eigenvalue weighted by Gasteiger charge is 2.33. The van der Waals surface area contributed by atoms with Crippen LogP contribution < -0.4 is 4.90 Å². The van der Waals surface area contributed by atoms with E-state index in [1.165, 1.54) is 0 Å². The van der Waals surface area contributed by atoms with Gasteiger partial charge in [0.1, 0.15) is 11.7 Å². The predicted octanol–water partition coefficient (Wildman–Crippen LogP) is 2.83. The molecule has 0 saturated carbocycles. The number of carbonyl (C=O) groups excluding carboxylic acids is 1. The summed E-state index contributed by atoms with van der Waals surface area (Å²) in [5, 5.41) is 11.3. The highest BCUT2D eigenvalue weighted by Crippen LogP contribution is 2.34. The lowest BCUT2D eigenvalue weighted by atomic mass is 10.0. The van der Waals surface area contributed by atoms with E-state index in [0.717, 1.165) is 18.4 Å². The Bertz CT molecular complexity index is 544. The fourth-order valence-electron chi connectivity index (χ4n) is 2.73. The minimum Gasteiger partial charge on any atom is -0.464 e. The van der Waals surface area contributed by atoms with Crippen molar-refractivity contribution in [3.8, 4) is 0 Å². The average molecular weight is 292 g/mol. The van der Waals surface area contributed by atoms with Crippen LogP contribution in [0.25, 0.3) is 0 Å². The fourth-order valence-corrected chi connectivity index (χ4v) is 2.73. The van der Waals surface area contributed by atoms with Crippen LogP contribution in [0.1, 0.15) is 31.7 Å². The Hall–Kier alpha value is -2.11. The third-order valence-corrected chi connectivity index (χ3v) is 3.70. The van der Waals surface area contributed by atoms with Crippen molar-refractivity contribution in [3.05, 3.63) is 33.9 Å². The number of nitro groups is 1. The standard InChI is InChI=1S/C15H20N2O4/c1-3-21-15(18)13-6-4-5-9-16(13)12-8-7-11(2)10-14(12)17(19)20/h7-8,10,13H,3-6,9H2,1-2H3. The Kier molecular flexibility index (Phi) is 4.77. The number of aryl methyl sites for hydroxylation is 1. The zero-order valence-corrected chi connectivity index (χ0v) is 12.4. The molecule has 1 unspecified atom stereocenters. The summed E-state index contributed by atoms with van der Waals surface area (Å²) in [6.45, 7) is 4.53. The van der Waals surface area contributed by atoms with Crippen molar-refractivity contribution in [2.75, 3.05) is 18.1 Å². The monoisotopic (exact) mass is 292 g/mol.